The minimum Gasteiger partial charge on any atom is -0.472 e. The molecule has 28 heavy (non-hydrogen) atoms. The molecule has 2 aromatic rings. The SMILES string of the molecule is Cc1cc(O[C@H]2CCN(C(=O)C3(c4ccccc4)CCOCC3)C2)nc(C)n1. The number of carbonyl (C=O) groups excluding carboxylic acids is 1. The van der Waals surface area contributed by atoms with E-state index in [1.165, 1.54) is 0 Å². The molecule has 0 N–H and O–H groups in total. The van der Waals surface area contributed by atoms with Crippen LogP contribution in [0.1, 0.15) is 36.3 Å². The highest BCUT2D eigenvalue weighted by molar-refractivity contribution is 5.88. The van der Waals surface area contributed by atoms with E-state index in [1.807, 2.05) is 43.0 Å². The largest absolute Gasteiger partial charge is 0.472 e. The molecule has 0 spiro atoms. The van der Waals surface area contributed by atoms with E-state index in [4.69, 9.17) is 9.47 Å². The first kappa shape index (κ1) is 18.9. The molecular formula is C22H27N3O3. The van der Waals surface area contributed by atoms with Gasteiger partial charge in [0.15, 0.2) is 0 Å². The molecule has 6 nitrogen and oxygen atoms in total. The second kappa shape index (κ2) is 7.87. The minimum atomic E-state index is -0.490. The third-order valence-corrected chi connectivity index (χ3v) is 5.74. The third-order valence-electron chi connectivity index (χ3n) is 5.74. The molecule has 0 saturated carbocycles. The molecule has 148 valence electrons. The van der Waals surface area contributed by atoms with E-state index in [0.29, 0.717) is 38.0 Å². The molecule has 1 atom stereocenters. The van der Waals surface area contributed by atoms with Gasteiger partial charge in [-0.3, -0.25) is 4.79 Å². The lowest BCUT2D eigenvalue weighted by atomic mass is 9.73. The first-order chi connectivity index (χ1) is 13.6. The average Bonchev–Trinajstić information content (AvgIpc) is 3.16. The standard InChI is InChI=1S/C22H27N3O3/c1-16-14-20(24-17(2)23-16)28-19-8-11-25(15-19)21(26)22(9-12-27-13-10-22)18-6-4-3-5-7-18/h3-7,14,19H,8-13,15H2,1-2H3/t19-/m0/s1. The van der Waals surface area contributed by atoms with Crippen molar-refractivity contribution in [2.75, 3.05) is 26.3 Å². The van der Waals surface area contributed by atoms with E-state index in [0.717, 1.165) is 30.5 Å². The molecule has 0 unspecified atom stereocenters. The van der Waals surface area contributed by atoms with Gasteiger partial charge < -0.3 is 14.4 Å². The number of rotatable bonds is 4. The van der Waals surface area contributed by atoms with Gasteiger partial charge in [-0.2, -0.15) is 4.98 Å². The summed E-state index contributed by atoms with van der Waals surface area (Å²) >= 11 is 0. The Hall–Kier alpha value is -2.47. The van der Waals surface area contributed by atoms with Crippen molar-refractivity contribution < 1.29 is 14.3 Å². The first-order valence-corrected chi connectivity index (χ1v) is 9.98. The smallest absolute Gasteiger partial charge is 0.233 e. The maximum absolute atomic E-state index is 13.6. The number of aryl methyl sites for hydroxylation is 2. The molecule has 1 amide bonds. The Kier molecular flexibility index (Phi) is 5.31. The van der Waals surface area contributed by atoms with Crippen molar-refractivity contribution in [2.24, 2.45) is 0 Å². The van der Waals surface area contributed by atoms with Crippen LogP contribution in [-0.2, 0) is 14.9 Å². The van der Waals surface area contributed by atoms with Crippen LogP contribution < -0.4 is 4.74 Å². The molecule has 0 radical (unpaired) electrons. The van der Waals surface area contributed by atoms with E-state index in [2.05, 4.69) is 22.1 Å². The number of aromatic nitrogens is 2. The van der Waals surface area contributed by atoms with E-state index in [-0.39, 0.29) is 12.0 Å². The lowest BCUT2D eigenvalue weighted by Crippen LogP contribution is -2.49. The summed E-state index contributed by atoms with van der Waals surface area (Å²) in [5.74, 6) is 1.49. The average molecular weight is 381 g/mol. The van der Waals surface area contributed by atoms with Gasteiger partial charge in [-0.25, -0.2) is 4.98 Å². The van der Waals surface area contributed by atoms with Gasteiger partial charge in [0.1, 0.15) is 11.9 Å². The van der Waals surface area contributed by atoms with E-state index in [1.54, 1.807) is 0 Å². The van der Waals surface area contributed by atoms with Crippen molar-refractivity contribution in [1.82, 2.24) is 14.9 Å². The van der Waals surface area contributed by atoms with Gasteiger partial charge >= 0.3 is 0 Å². The van der Waals surface area contributed by atoms with Gasteiger partial charge in [-0.05, 0) is 32.3 Å². The zero-order valence-corrected chi connectivity index (χ0v) is 16.6. The molecule has 2 aliphatic heterocycles. The quantitative estimate of drug-likeness (QED) is 0.815. The number of amides is 1. The molecule has 0 aliphatic carbocycles. The molecule has 6 heteroatoms. The lowest BCUT2D eigenvalue weighted by molar-refractivity contribution is -0.140. The van der Waals surface area contributed by atoms with Gasteiger partial charge in [0.25, 0.3) is 0 Å². The highest BCUT2D eigenvalue weighted by atomic mass is 16.5. The fraction of sp³-hybridized carbons (Fsp3) is 0.500. The predicted molar refractivity (Wildman–Crippen MR) is 105 cm³/mol. The molecule has 1 aromatic carbocycles. The topological polar surface area (TPSA) is 64.5 Å². The van der Waals surface area contributed by atoms with Gasteiger partial charge in [-0.15, -0.1) is 0 Å². The van der Waals surface area contributed by atoms with E-state index in [9.17, 15) is 4.79 Å². The van der Waals surface area contributed by atoms with Gasteiger partial charge in [0, 0.05) is 37.9 Å². The van der Waals surface area contributed by atoms with Crippen LogP contribution in [0.5, 0.6) is 5.88 Å². The zero-order chi connectivity index (χ0) is 19.6. The Morgan fingerprint density at radius 2 is 1.93 bits per heavy atom. The lowest BCUT2D eigenvalue weighted by Gasteiger charge is -2.39. The summed E-state index contributed by atoms with van der Waals surface area (Å²) in [7, 11) is 0. The summed E-state index contributed by atoms with van der Waals surface area (Å²) in [5, 5.41) is 0. The Bertz CT molecular complexity index is 814. The first-order valence-electron chi connectivity index (χ1n) is 9.98. The highest BCUT2D eigenvalue weighted by Crippen LogP contribution is 2.37. The summed E-state index contributed by atoms with van der Waals surface area (Å²) in [6.45, 7) is 6.33. The molecule has 2 fully saturated rings. The monoisotopic (exact) mass is 381 g/mol. The Morgan fingerprint density at radius 1 is 1.18 bits per heavy atom. The van der Waals surface area contributed by atoms with Crippen molar-refractivity contribution in [1.29, 1.82) is 0 Å². The Morgan fingerprint density at radius 3 is 2.64 bits per heavy atom. The Labute approximate surface area is 165 Å². The molecule has 4 rings (SSSR count). The zero-order valence-electron chi connectivity index (χ0n) is 16.6. The molecule has 2 aliphatic rings. The van der Waals surface area contributed by atoms with Crippen molar-refractivity contribution in [3.05, 3.63) is 53.5 Å². The van der Waals surface area contributed by atoms with Crippen LogP contribution >= 0.6 is 0 Å². The highest BCUT2D eigenvalue weighted by Gasteiger charge is 2.45. The number of hydrogen-bond donors (Lipinski definition) is 0. The van der Waals surface area contributed by atoms with Crippen molar-refractivity contribution >= 4 is 5.91 Å². The van der Waals surface area contributed by atoms with E-state index < -0.39 is 5.41 Å². The second-order valence-corrected chi connectivity index (χ2v) is 7.73. The minimum absolute atomic E-state index is 0.0367. The fourth-order valence-corrected chi connectivity index (χ4v) is 4.33. The number of benzene rings is 1. The summed E-state index contributed by atoms with van der Waals surface area (Å²) in [5.41, 5.74) is 1.49. The molecule has 1 aromatic heterocycles. The number of nitrogens with zero attached hydrogens (tertiary/aromatic N) is 3. The summed E-state index contributed by atoms with van der Waals surface area (Å²) in [6.07, 6.45) is 2.23. The summed E-state index contributed by atoms with van der Waals surface area (Å²) in [6, 6.07) is 12.0. The van der Waals surface area contributed by atoms with Crippen LogP contribution in [-0.4, -0.2) is 53.2 Å². The van der Waals surface area contributed by atoms with Gasteiger partial charge in [0.05, 0.1) is 12.0 Å². The van der Waals surface area contributed by atoms with Crippen LogP contribution in [0, 0.1) is 13.8 Å². The molecule has 3 heterocycles. The predicted octanol–water partition coefficient (Wildman–Crippen LogP) is 2.82. The second-order valence-electron chi connectivity index (χ2n) is 7.73. The normalized spacial score (nSPS) is 21.5. The Balaban J connectivity index is 1.50. The molecular weight excluding hydrogens is 354 g/mol. The van der Waals surface area contributed by atoms with Crippen molar-refractivity contribution in [3.8, 4) is 5.88 Å². The van der Waals surface area contributed by atoms with Gasteiger partial charge in [0.2, 0.25) is 11.8 Å². The van der Waals surface area contributed by atoms with Crippen molar-refractivity contribution in [3.63, 3.8) is 0 Å². The number of likely N-dealkylation sites (tertiary alicyclic amines) is 1. The fourth-order valence-electron chi connectivity index (χ4n) is 4.33. The maximum atomic E-state index is 13.6. The van der Waals surface area contributed by atoms with Crippen LogP contribution in [0.4, 0.5) is 0 Å². The van der Waals surface area contributed by atoms with Crippen molar-refractivity contribution in [2.45, 2.75) is 44.6 Å². The van der Waals surface area contributed by atoms with Gasteiger partial charge in [-0.1, -0.05) is 30.3 Å². The van der Waals surface area contributed by atoms with Crippen LogP contribution in [0.25, 0.3) is 0 Å². The molecule has 0 bridgehead atoms. The van der Waals surface area contributed by atoms with Crippen LogP contribution in [0.2, 0.25) is 0 Å². The van der Waals surface area contributed by atoms with E-state index >= 15 is 0 Å². The van der Waals surface area contributed by atoms with Crippen LogP contribution in [0.3, 0.4) is 0 Å². The summed E-state index contributed by atoms with van der Waals surface area (Å²) in [4.78, 5) is 24.2. The molecule has 2 saturated heterocycles. The van der Waals surface area contributed by atoms with Crippen LogP contribution in [0.15, 0.2) is 36.4 Å². The number of hydrogen-bond acceptors (Lipinski definition) is 5. The number of ether oxygens (including phenoxy) is 2. The number of carbonyl (C=O) groups is 1. The summed E-state index contributed by atoms with van der Waals surface area (Å²) < 4.78 is 11.6. The maximum Gasteiger partial charge on any atom is 0.233 e. The third kappa shape index (κ3) is 3.74.